The molecule has 0 saturated carbocycles. The van der Waals surface area contributed by atoms with Gasteiger partial charge < -0.3 is 39.4 Å². The zero-order valence-corrected chi connectivity index (χ0v) is 35.0. The van der Waals surface area contributed by atoms with E-state index in [1.54, 1.807) is 49.3 Å². The van der Waals surface area contributed by atoms with Gasteiger partial charge in [-0.15, -0.1) is 10.8 Å². The van der Waals surface area contributed by atoms with Gasteiger partial charge in [0, 0.05) is 12.4 Å². The van der Waals surface area contributed by atoms with Gasteiger partial charge in [0.05, 0.1) is 14.2 Å². The molecule has 0 spiro atoms. The van der Waals surface area contributed by atoms with E-state index in [0.29, 0.717) is 11.8 Å². The molecule has 0 fully saturated rings. The van der Waals surface area contributed by atoms with Crippen LogP contribution in [0.3, 0.4) is 0 Å². The van der Waals surface area contributed by atoms with E-state index in [-0.39, 0.29) is 42.1 Å². The summed E-state index contributed by atoms with van der Waals surface area (Å²) in [5.74, 6) is 1.20. The number of benzene rings is 2. The molecule has 0 aliphatic rings. The standard InChI is InChI=1S/2C12H9N2O.2C9H6NS.2Pt/c2*1-15-11-7-6-9-8-4-2-3-5-10(8)13-12(9)14-11;2*1-2-6-10-8(4-1)9-5-3-7-11-9;;/h2*2-7H,1H3;2*1-4,6-7H;;/q4*-1;2*+2. The van der Waals surface area contributed by atoms with Crippen LogP contribution in [0.2, 0.25) is 0 Å². The first-order chi connectivity index (χ1) is 25.7. The molecule has 10 aromatic rings. The van der Waals surface area contributed by atoms with Crippen LogP contribution in [0, 0.1) is 12.1 Å². The number of rotatable bonds is 4. The fourth-order valence-electron chi connectivity index (χ4n) is 5.26. The van der Waals surface area contributed by atoms with Crippen LogP contribution in [0.5, 0.6) is 11.8 Å². The van der Waals surface area contributed by atoms with Gasteiger partial charge in [0.2, 0.25) is 0 Å². The molecular formula is C42H30N6O2Pt2S2. The summed E-state index contributed by atoms with van der Waals surface area (Å²) in [5, 5.41) is 8.44. The molecular weight excluding hydrogens is 1070 g/mol. The van der Waals surface area contributed by atoms with E-state index >= 15 is 0 Å². The number of hydrogen-bond donors (Lipinski definition) is 0. The average molecular weight is 1110 g/mol. The fraction of sp³-hybridized carbons (Fsp3) is 0.0476. The third-order valence-corrected chi connectivity index (χ3v) is 9.36. The third-order valence-electron chi connectivity index (χ3n) is 7.69. The number of hydrogen-bond acceptors (Lipinski definition) is 8. The predicted molar refractivity (Wildman–Crippen MR) is 211 cm³/mol. The number of para-hydroxylation sites is 2. The molecule has 54 heavy (non-hydrogen) atoms. The molecule has 10 rings (SSSR count). The molecule has 0 aliphatic heterocycles. The van der Waals surface area contributed by atoms with Crippen molar-refractivity contribution in [2.75, 3.05) is 14.2 Å². The van der Waals surface area contributed by atoms with Crippen molar-refractivity contribution in [3.05, 3.63) is 157 Å². The Morgan fingerprint density at radius 3 is 1.30 bits per heavy atom. The topological polar surface area (TPSA) is 98.2 Å². The van der Waals surface area contributed by atoms with E-state index < -0.39 is 0 Å². The zero-order chi connectivity index (χ0) is 35.5. The molecule has 8 aromatic heterocycles. The SMILES string of the molecule is COc1ccc2c(n1)[n-]c1ccccc12.COc1ccc2c(n1)[n-]c1ccccc12.[Pt+2].[Pt+2].[c-]1ccsc1-c1ccccn1.[c-]1ccsc1-c1ccccn1. The second-order valence-electron chi connectivity index (χ2n) is 10.9. The van der Waals surface area contributed by atoms with Crippen molar-refractivity contribution in [1.29, 1.82) is 0 Å². The van der Waals surface area contributed by atoms with Gasteiger partial charge >= 0.3 is 42.1 Å². The maximum Gasteiger partial charge on any atom is 2.00 e. The monoisotopic (exact) mass is 1100 g/mol. The zero-order valence-electron chi connectivity index (χ0n) is 28.8. The van der Waals surface area contributed by atoms with E-state index in [9.17, 15) is 0 Å². The largest absolute Gasteiger partial charge is 2.00 e. The first-order valence-corrected chi connectivity index (χ1v) is 17.9. The van der Waals surface area contributed by atoms with E-state index in [4.69, 9.17) is 9.47 Å². The van der Waals surface area contributed by atoms with Crippen molar-refractivity contribution < 1.29 is 51.6 Å². The van der Waals surface area contributed by atoms with Gasteiger partial charge in [0.1, 0.15) is 11.8 Å². The van der Waals surface area contributed by atoms with Gasteiger partial charge in [-0.05, 0) is 79.5 Å². The molecule has 272 valence electrons. The Morgan fingerprint density at radius 2 is 0.926 bits per heavy atom. The van der Waals surface area contributed by atoms with Gasteiger partial charge in [0.15, 0.2) is 0 Å². The number of aromatic nitrogens is 6. The number of pyridine rings is 4. The molecule has 0 radical (unpaired) electrons. The van der Waals surface area contributed by atoms with Crippen LogP contribution in [0.15, 0.2) is 144 Å². The average Bonchev–Trinajstić information content (AvgIpc) is 4.05. The Morgan fingerprint density at radius 1 is 0.500 bits per heavy atom. The molecule has 12 heteroatoms. The van der Waals surface area contributed by atoms with Crippen LogP contribution < -0.4 is 19.4 Å². The Kier molecular flexibility index (Phi) is 14.8. The Balaban J connectivity index is 0.000000138. The van der Waals surface area contributed by atoms with Gasteiger partial charge in [-0.25, -0.2) is 22.7 Å². The summed E-state index contributed by atoms with van der Waals surface area (Å²) in [5.41, 5.74) is 5.46. The molecule has 0 bridgehead atoms. The van der Waals surface area contributed by atoms with Crippen LogP contribution in [-0.4, -0.2) is 34.2 Å². The number of nitrogens with zero attached hydrogens (tertiary/aromatic N) is 6. The Hall–Kier alpha value is -4.98. The summed E-state index contributed by atoms with van der Waals surface area (Å²) < 4.78 is 10.1. The van der Waals surface area contributed by atoms with Crippen LogP contribution in [-0.2, 0) is 42.1 Å². The number of methoxy groups -OCH3 is 2. The molecule has 2 aromatic carbocycles. The molecule has 8 nitrogen and oxygen atoms in total. The molecule has 8 heterocycles. The van der Waals surface area contributed by atoms with Gasteiger partial charge in [-0.1, -0.05) is 94.7 Å². The minimum Gasteiger partial charge on any atom is -0.500 e. The molecule has 0 amide bonds. The Labute approximate surface area is 349 Å². The van der Waals surface area contributed by atoms with Gasteiger partial charge in [-0.3, -0.25) is 0 Å². The number of ether oxygens (including phenoxy) is 2. The van der Waals surface area contributed by atoms with Crippen molar-refractivity contribution in [3.8, 4) is 32.9 Å². The Bertz CT molecular complexity index is 2430. The number of fused-ring (bicyclic) bond motifs is 6. The molecule has 0 atom stereocenters. The second kappa shape index (κ2) is 19.9. The van der Waals surface area contributed by atoms with Crippen molar-refractivity contribution >= 4 is 66.5 Å². The maximum atomic E-state index is 5.07. The van der Waals surface area contributed by atoms with Crippen LogP contribution in [0.1, 0.15) is 0 Å². The summed E-state index contributed by atoms with van der Waals surface area (Å²) in [6.45, 7) is 0. The van der Waals surface area contributed by atoms with E-state index in [2.05, 4.69) is 54.2 Å². The maximum absolute atomic E-state index is 5.07. The summed E-state index contributed by atoms with van der Waals surface area (Å²) in [6, 6.07) is 45.6. The fourth-order valence-corrected chi connectivity index (χ4v) is 6.56. The predicted octanol–water partition coefficient (Wildman–Crippen LogP) is 9.92. The summed E-state index contributed by atoms with van der Waals surface area (Å²) in [6.07, 6.45) is 3.59. The smallest absolute Gasteiger partial charge is 0.500 e. The molecule has 0 aliphatic carbocycles. The molecule has 0 saturated heterocycles. The van der Waals surface area contributed by atoms with Crippen LogP contribution in [0.25, 0.3) is 65.0 Å². The second-order valence-corrected chi connectivity index (χ2v) is 12.8. The van der Waals surface area contributed by atoms with Gasteiger partial charge in [0.25, 0.3) is 0 Å². The van der Waals surface area contributed by atoms with Crippen LogP contribution >= 0.6 is 22.7 Å². The first-order valence-electron chi connectivity index (χ1n) is 16.2. The van der Waals surface area contributed by atoms with E-state index in [0.717, 1.165) is 65.0 Å². The van der Waals surface area contributed by atoms with Gasteiger partial charge in [-0.2, -0.15) is 24.3 Å². The van der Waals surface area contributed by atoms with E-state index in [1.165, 1.54) is 0 Å². The quantitative estimate of drug-likeness (QED) is 0.161. The number of thiophene rings is 2. The van der Waals surface area contributed by atoms with Crippen molar-refractivity contribution in [3.63, 3.8) is 0 Å². The minimum atomic E-state index is 0. The molecule has 0 unspecified atom stereocenters. The summed E-state index contributed by atoms with van der Waals surface area (Å²) in [4.78, 5) is 28.1. The van der Waals surface area contributed by atoms with Crippen molar-refractivity contribution in [2.45, 2.75) is 0 Å². The first kappa shape index (κ1) is 40.2. The third kappa shape index (κ3) is 9.76. The molecule has 0 N–H and O–H groups in total. The summed E-state index contributed by atoms with van der Waals surface area (Å²) in [7, 11) is 3.22. The van der Waals surface area contributed by atoms with Crippen molar-refractivity contribution in [1.82, 2.24) is 29.9 Å². The van der Waals surface area contributed by atoms with E-state index in [1.807, 2.05) is 120 Å². The summed E-state index contributed by atoms with van der Waals surface area (Å²) >= 11 is 3.32. The normalized spacial score (nSPS) is 10.1. The van der Waals surface area contributed by atoms with Crippen LogP contribution in [0.4, 0.5) is 0 Å². The minimum absolute atomic E-state index is 0. The van der Waals surface area contributed by atoms with Crippen molar-refractivity contribution in [2.24, 2.45) is 0 Å².